The van der Waals surface area contributed by atoms with Crippen LogP contribution in [0.15, 0.2) is 0 Å². The molecule has 0 radical (unpaired) electrons. The topological polar surface area (TPSA) is 15.7 Å². The van der Waals surface area contributed by atoms with E-state index in [2.05, 4.69) is 30.8 Å². The maximum absolute atomic E-state index is 5.34. The molecule has 0 spiro atoms. The van der Waals surface area contributed by atoms with Crippen LogP contribution in [0.1, 0.15) is 26.2 Å². The second-order valence-electron chi connectivity index (χ2n) is 6.13. The van der Waals surface area contributed by atoms with Crippen LogP contribution in [0.4, 0.5) is 0 Å². The van der Waals surface area contributed by atoms with E-state index in [1.165, 1.54) is 38.9 Å². The van der Waals surface area contributed by atoms with E-state index in [-0.39, 0.29) is 0 Å². The Morgan fingerprint density at radius 2 is 2.00 bits per heavy atom. The van der Waals surface area contributed by atoms with Crippen molar-refractivity contribution < 1.29 is 4.74 Å². The van der Waals surface area contributed by atoms with Gasteiger partial charge in [-0.1, -0.05) is 6.92 Å². The molecule has 3 nitrogen and oxygen atoms in total. The standard InChI is InChI=1S/C13H26N2O/c1-13(10-16-11-13)9-15-7-4-5-12(6-8-15)14(2)3/h12H,4-11H2,1-3H3. The molecular weight excluding hydrogens is 200 g/mol. The van der Waals surface area contributed by atoms with Crippen LogP contribution in [0.5, 0.6) is 0 Å². The van der Waals surface area contributed by atoms with Crippen LogP contribution in [-0.2, 0) is 4.74 Å². The number of nitrogens with zero attached hydrogens (tertiary/aromatic N) is 2. The van der Waals surface area contributed by atoms with E-state index >= 15 is 0 Å². The Balaban J connectivity index is 1.79. The van der Waals surface area contributed by atoms with Crippen LogP contribution < -0.4 is 0 Å². The molecule has 0 aromatic rings. The van der Waals surface area contributed by atoms with Crippen molar-refractivity contribution in [3.8, 4) is 0 Å². The molecule has 2 aliphatic heterocycles. The predicted molar refractivity (Wildman–Crippen MR) is 66.7 cm³/mol. The molecule has 0 bridgehead atoms. The normalized spacial score (nSPS) is 31.1. The van der Waals surface area contributed by atoms with Gasteiger partial charge in [-0.25, -0.2) is 0 Å². The lowest BCUT2D eigenvalue weighted by Gasteiger charge is -2.41. The van der Waals surface area contributed by atoms with Crippen LogP contribution in [0.3, 0.4) is 0 Å². The Labute approximate surface area is 99.7 Å². The summed E-state index contributed by atoms with van der Waals surface area (Å²) in [6.07, 6.45) is 4.03. The highest BCUT2D eigenvalue weighted by Gasteiger charge is 2.35. The van der Waals surface area contributed by atoms with Crippen molar-refractivity contribution in [2.24, 2.45) is 5.41 Å². The zero-order valence-electron chi connectivity index (χ0n) is 11.0. The second-order valence-corrected chi connectivity index (χ2v) is 6.13. The third-order valence-corrected chi connectivity index (χ3v) is 4.03. The van der Waals surface area contributed by atoms with Crippen LogP contribution in [-0.4, -0.2) is 62.8 Å². The van der Waals surface area contributed by atoms with E-state index in [0.717, 1.165) is 19.3 Å². The minimum atomic E-state index is 0.442. The summed E-state index contributed by atoms with van der Waals surface area (Å²) in [5.41, 5.74) is 0.442. The van der Waals surface area contributed by atoms with Gasteiger partial charge in [0.2, 0.25) is 0 Å². The zero-order valence-corrected chi connectivity index (χ0v) is 11.0. The summed E-state index contributed by atoms with van der Waals surface area (Å²) in [5, 5.41) is 0. The third kappa shape index (κ3) is 2.96. The summed E-state index contributed by atoms with van der Waals surface area (Å²) in [5.74, 6) is 0. The third-order valence-electron chi connectivity index (χ3n) is 4.03. The first-order chi connectivity index (χ1) is 7.59. The Hall–Kier alpha value is -0.120. The highest BCUT2D eigenvalue weighted by atomic mass is 16.5. The number of likely N-dealkylation sites (tertiary alicyclic amines) is 1. The Morgan fingerprint density at radius 3 is 2.56 bits per heavy atom. The van der Waals surface area contributed by atoms with Gasteiger partial charge in [0, 0.05) is 18.0 Å². The molecule has 0 amide bonds. The molecule has 0 aromatic carbocycles. The van der Waals surface area contributed by atoms with Gasteiger partial charge in [-0.05, 0) is 46.4 Å². The molecule has 2 rings (SSSR count). The molecule has 2 aliphatic rings. The molecule has 0 N–H and O–H groups in total. The summed E-state index contributed by atoms with van der Waals surface area (Å²) in [6, 6.07) is 0.787. The van der Waals surface area contributed by atoms with E-state index in [1.807, 2.05) is 0 Å². The molecule has 1 atom stereocenters. The SMILES string of the molecule is CN(C)C1CCCN(CC2(C)COC2)CC1. The van der Waals surface area contributed by atoms with E-state index in [9.17, 15) is 0 Å². The van der Waals surface area contributed by atoms with E-state index in [4.69, 9.17) is 4.74 Å². The van der Waals surface area contributed by atoms with Crippen molar-refractivity contribution >= 4 is 0 Å². The molecule has 94 valence electrons. The monoisotopic (exact) mass is 226 g/mol. The van der Waals surface area contributed by atoms with Gasteiger partial charge in [0.1, 0.15) is 0 Å². The summed E-state index contributed by atoms with van der Waals surface area (Å²) in [7, 11) is 4.42. The summed E-state index contributed by atoms with van der Waals surface area (Å²) in [4.78, 5) is 5.03. The van der Waals surface area contributed by atoms with Crippen molar-refractivity contribution in [2.45, 2.75) is 32.2 Å². The van der Waals surface area contributed by atoms with Gasteiger partial charge in [0.15, 0.2) is 0 Å². The predicted octanol–water partition coefficient (Wildman–Crippen LogP) is 1.44. The molecule has 0 aliphatic carbocycles. The first-order valence-corrected chi connectivity index (χ1v) is 6.56. The average molecular weight is 226 g/mol. The first kappa shape index (κ1) is 12.3. The minimum Gasteiger partial charge on any atom is -0.380 e. The lowest BCUT2D eigenvalue weighted by Crippen LogP contribution is -2.49. The summed E-state index contributed by atoms with van der Waals surface area (Å²) < 4.78 is 5.34. The van der Waals surface area contributed by atoms with Crippen LogP contribution in [0, 0.1) is 5.41 Å². The summed E-state index contributed by atoms with van der Waals surface area (Å²) in [6.45, 7) is 8.04. The quantitative estimate of drug-likeness (QED) is 0.724. The number of hydrogen-bond acceptors (Lipinski definition) is 3. The molecule has 16 heavy (non-hydrogen) atoms. The number of rotatable bonds is 3. The van der Waals surface area contributed by atoms with Crippen LogP contribution in [0.2, 0.25) is 0 Å². The lowest BCUT2D eigenvalue weighted by molar-refractivity contribution is -0.114. The molecule has 2 fully saturated rings. The summed E-state index contributed by atoms with van der Waals surface area (Å²) >= 11 is 0. The average Bonchev–Trinajstić information content (AvgIpc) is 2.41. The fourth-order valence-electron chi connectivity index (χ4n) is 2.89. The molecule has 0 saturated carbocycles. The molecule has 1 unspecified atom stereocenters. The van der Waals surface area contributed by atoms with E-state index in [0.29, 0.717) is 5.41 Å². The van der Waals surface area contributed by atoms with E-state index in [1.54, 1.807) is 0 Å². The van der Waals surface area contributed by atoms with Crippen molar-refractivity contribution in [2.75, 3.05) is 46.9 Å². The van der Waals surface area contributed by atoms with Crippen molar-refractivity contribution in [3.63, 3.8) is 0 Å². The van der Waals surface area contributed by atoms with Crippen molar-refractivity contribution in [1.29, 1.82) is 0 Å². The lowest BCUT2D eigenvalue weighted by atomic mass is 9.88. The molecule has 2 heterocycles. The van der Waals surface area contributed by atoms with Gasteiger partial charge in [0.25, 0.3) is 0 Å². The Bertz CT molecular complexity index is 226. The largest absolute Gasteiger partial charge is 0.380 e. The van der Waals surface area contributed by atoms with Crippen molar-refractivity contribution in [1.82, 2.24) is 9.80 Å². The molecule has 0 aromatic heterocycles. The maximum Gasteiger partial charge on any atom is 0.0554 e. The molecule has 3 heteroatoms. The molecular formula is C13H26N2O. The van der Waals surface area contributed by atoms with Crippen molar-refractivity contribution in [3.05, 3.63) is 0 Å². The number of ether oxygens (including phenoxy) is 1. The second kappa shape index (κ2) is 5.03. The Kier molecular flexibility index (Phi) is 3.88. The highest BCUT2D eigenvalue weighted by Crippen LogP contribution is 2.28. The maximum atomic E-state index is 5.34. The zero-order chi connectivity index (χ0) is 11.6. The minimum absolute atomic E-state index is 0.442. The van der Waals surface area contributed by atoms with Gasteiger partial charge in [-0.15, -0.1) is 0 Å². The fraction of sp³-hybridized carbons (Fsp3) is 1.00. The van der Waals surface area contributed by atoms with Gasteiger partial charge in [-0.2, -0.15) is 0 Å². The number of hydrogen-bond donors (Lipinski definition) is 0. The Morgan fingerprint density at radius 1 is 1.25 bits per heavy atom. The van der Waals surface area contributed by atoms with Gasteiger partial charge in [0.05, 0.1) is 13.2 Å². The van der Waals surface area contributed by atoms with Gasteiger partial charge < -0.3 is 14.5 Å². The molecule has 2 saturated heterocycles. The van der Waals surface area contributed by atoms with E-state index < -0.39 is 0 Å². The van der Waals surface area contributed by atoms with Gasteiger partial charge in [-0.3, -0.25) is 0 Å². The highest BCUT2D eigenvalue weighted by molar-refractivity contribution is 4.86. The van der Waals surface area contributed by atoms with Crippen LogP contribution >= 0.6 is 0 Å². The smallest absolute Gasteiger partial charge is 0.0554 e. The first-order valence-electron chi connectivity index (χ1n) is 6.56. The van der Waals surface area contributed by atoms with Gasteiger partial charge >= 0.3 is 0 Å². The van der Waals surface area contributed by atoms with Crippen LogP contribution in [0.25, 0.3) is 0 Å². The fourth-order valence-corrected chi connectivity index (χ4v) is 2.89.